The summed E-state index contributed by atoms with van der Waals surface area (Å²) in [5.74, 6) is 0.817. The molecule has 0 aromatic carbocycles. The molecule has 0 radical (unpaired) electrons. The van der Waals surface area contributed by atoms with Gasteiger partial charge in [-0.3, -0.25) is 0 Å². The van der Waals surface area contributed by atoms with Crippen LogP contribution in [0.3, 0.4) is 0 Å². The van der Waals surface area contributed by atoms with Crippen LogP contribution in [0.4, 0.5) is 0 Å². The van der Waals surface area contributed by atoms with Gasteiger partial charge in [-0.05, 0) is 36.7 Å². The number of rotatable bonds is 8. The van der Waals surface area contributed by atoms with E-state index in [1.165, 1.54) is 0 Å². The normalized spacial score (nSPS) is 12.9. The van der Waals surface area contributed by atoms with Gasteiger partial charge in [-0.25, -0.2) is 4.68 Å². The van der Waals surface area contributed by atoms with Crippen molar-refractivity contribution in [1.29, 1.82) is 0 Å². The Morgan fingerprint density at radius 3 is 2.88 bits per heavy atom. The lowest BCUT2D eigenvalue weighted by Crippen LogP contribution is -2.15. The van der Waals surface area contributed by atoms with Crippen LogP contribution in [0, 0.1) is 0 Å². The second kappa shape index (κ2) is 7.29. The molecule has 0 aliphatic heterocycles. The van der Waals surface area contributed by atoms with Crippen molar-refractivity contribution >= 4 is 0 Å². The summed E-state index contributed by atoms with van der Waals surface area (Å²) in [6.45, 7) is 6.18. The molecule has 16 heavy (non-hydrogen) atoms. The summed E-state index contributed by atoms with van der Waals surface area (Å²) in [4.78, 5) is 0. The number of aryl methyl sites for hydroxylation is 1. The van der Waals surface area contributed by atoms with Gasteiger partial charge in [-0.2, -0.15) is 0 Å². The zero-order valence-electron chi connectivity index (χ0n) is 10.1. The van der Waals surface area contributed by atoms with Gasteiger partial charge in [0.05, 0.1) is 0 Å². The van der Waals surface area contributed by atoms with Crippen LogP contribution in [0.5, 0.6) is 0 Å². The first-order valence-electron chi connectivity index (χ1n) is 5.91. The first-order valence-corrected chi connectivity index (χ1v) is 5.91. The molecule has 0 fully saturated rings. The molecule has 2 N–H and O–H groups in total. The van der Waals surface area contributed by atoms with Crippen molar-refractivity contribution in [2.45, 2.75) is 45.8 Å². The highest BCUT2D eigenvalue weighted by Gasteiger charge is 2.18. The highest BCUT2D eigenvalue weighted by molar-refractivity contribution is 4.88. The van der Waals surface area contributed by atoms with Crippen LogP contribution in [-0.4, -0.2) is 33.4 Å². The Labute approximate surface area is 96.2 Å². The van der Waals surface area contributed by atoms with E-state index in [1.807, 2.05) is 6.92 Å². The van der Waals surface area contributed by atoms with Crippen LogP contribution < -0.4 is 5.73 Å². The highest BCUT2D eigenvalue weighted by atomic mass is 16.5. The zero-order valence-corrected chi connectivity index (χ0v) is 10.1. The van der Waals surface area contributed by atoms with E-state index in [1.54, 1.807) is 4.68 Å². The topological polar surface area (TPSA) is 78.9 Å². The minimum atomic E-state index is 0.00257. The second-order valence-corrected chi connectivity index (χ2v) is 3.64. The van der Waals surface area contributed by atoms with E-state index < -0.39 is 0 Å². The van der Waals surface area contributed by atoms with Crippen LogP contribution in [0.15, 0.2) is 0 Å². The molecule has 6 heteroatoms. The summed E-state index contributed by atoms with van der Waals surface area (Å²) in [6, 6.07) is 0. The van der Waals surface area contributed by atoms with E-state index in [2.05, 4.69) is 22.4 Å². The van der Waals surface area contributed by atoms with Crippen LogP contribution in [0.1, 0.15) is 45.0 Å². The summed E-state index contributed by atoms with van der Waals surface area (Å²) in [5, 5.41) is 11.7. The number of nitrogens with two attached hydrogens (primary N) is 1. The van der Waals surface area contributed by atoms with Gasteiger partial charge in [0.2, 0.25) is 0 Å². The van der Waals surface area contributed by atoms with E-state index in [0.29, 0.717) is 13.2 Å². The molecular formula is C10H21N5O. The minimum absolute atomic E-state index is 0.00257. The fourth-order valence-corrected chi connectivity index (χ4v) is 1.59. The summed E-state index contributed by atoms with van der Waals surface area (Å²) in [5.41, 5.74) is 5.48. The standard InChI is InChI=1S/C10H21N5O/c1-3-6-9(16-4-2)10-12-13-14-15(10)8-5-7-11/h9H,3-8,11H2,1-2H3. The van der Waals surface area contributed by atoms with Gasteiger partial charge in [0.15, 0.2) is 5.82 Å². The number of ether oxygens (including phenoxy) is 1. The lowest BCUT2D eigenvalue weighted by Gasteiger charge is -2.15. The predicted molar refractivity (Wildman–Crippen MR) is 60.8 cm³/mol. The third kappa shape index (κ3) is 3.53. The minimum Gasteiger partial charge on any atom is -0.370 e. The molecular weight excluding hydrogens is 206 g/mol. The molecule has 92 valence electrons. The molecule has 1 aromatic heterocycles. The van der Waals surface area contributed by atoms with Crippen LogP contribution in [-0.2, 0) is 11.3 Å². The van der Waals surface area contributed by atoms with Crippen molar-refractivity contribution in [2.75, 3.05) is 13.2 Å². The maximum atomic E-state index is 5.65. The van der Waals surface area contributed by atoms with E-state index in [9.17, 15) is 0 Å². The number of tetrazole rings is 1. The van der Waals surface area contributed by atoms with Crippen LogP contribution in [0.25, 0.3) is 0 Å². The van der Waals surface area contributed by atoms with Gasteiger partial charge in [-0.15, -0.1) is 5.10 Å². The average molecular weight is 227 g/mol. The fourth-order valence-electron chi connectivity index (χ4n) is 1.59. The maximum absolute atomic E-state index is 5.65. The second-order valence-electron chi connectivity index (χ2n) is 3.64. The molecule has 1 heterocycles. The average Bonchev–Trinajstić information content (AvgIpc) is 2.74. The highest BCUT2D eigenvalue weighted by Crippen LogP contribution is 2.19. The van der Waals surface area contributed by atoms with E-state index in [4.69, 9.17) is 10.5 Å². The molecule has 0 aliphatic rings. The lowest BCUT2D eigenvalue weighted by molar-refractivity contribution is 0.0458. The Morgan fingerprint density at radius 2 is 2.25 bits per heavy atom. The molecule has 1 aromatic rings. The van der Waals surface area contributed by atoms with Gasteiger partial charge in [0, 0.05) is 13.2 Å². The van der Waals surface area contributed by atoms with E-state index in [0.717, 1.165) is 31.6 Å². The third-order valence-electron chi connectivity index (χ3n) is 2.34. The molecule has 0 amide bonds. The van der Waals surface area contributed by atoms with Crippen LogP contribution >= 0.6 is 0 Å². The Hall–Kier alpha value is -1.01. The third-order valence-corrected chi connectivity index (χ3v) is 2.34. The smallest absolute Gasteiger partial charge is 0.180 e. The molecule has 0 bridgehead atoms. The van der Waals surface area contributed by atoms with Crippen molar-refractivity contribution in [3.63, 3.8) is 0 Å². The van der Waals surface area contributed by atoms with Crippen molar-refractivity contribution in [3.05, 3.63) is 5.82 Å². The number of hydrogen-bond acceptors (Lipinski definition) is 5. The summed E-state index contributed by atoms with van der Waals surface area (Å²) >= 11 is 0. The summed E-state index contributed by atoms with van der Waals surface area (Å²) < 4.78 is 7.45. The summed E-state index contributed by atoms with van der Waals surface area (Å²) in [6.07, 6.45) is 2.87. The first-order chi connectivity index (χ1) is 7.83. The van der Waals surface area contributed by atoms with Gasteiger partial charge in [-0.1, -0.05) is 13.3 Å². The SMILES string of the molecule is CCCC(OCC)c1nnnn1CCCN. The molecule has 1 unspecified atom stereocenters. The molecule has 0 saturated carbocycles. The monoisotopic (exact) mass is 227 g/mol. The molecule has 1 atom stereocenters. The molecule has 0 saturated heterocycles. The molecule has 0 aliphatic carbocycles. The lowest BCUT2D eigenvalue weighted by atomic mass is 10.2. The Bertz CT molecular complexity index is 282. The summed E-state index contributed by atoms with van der Waals surface area (Å²) in [7, 11) is 0. The number of nitrogens with zero attached hydrogens (tertiary/aromatic N) is 4. The van der Waals surface area contributed by atoms with Gasteiger partial charge < -0.3 is 10.5 Å². The van der Waals surface area contributed by atoms with Gasteiger partial charge >= 0.3 is 0 Å². The maximum Gasteiger partial charge on any atom is 0.180 e. The van der Waals surface area contributed by atoms with E-state index >= 15 is 0 Å². The Balaban J connectivity index is 2.69. The molecule has 0 spiro atoms. The van der Waals surface area contributed by atoms with Crippen LogP contribution in [0.2, 0.25) is 0 Å². The van der Waals surface area contributed by atoms with Crippen molar-refractivity contribution < 1.29 is 4.74 Å². The fraction of sp³-hybridized carbons (Fsp3) is 0.900. The zero-order chi connectivity index (χ0) is 11.8. The number of hydrogen-bond donors (Lipinski definition) is 1. The molecule has 1 rings (SSSR count). The quantitative estimate of drug-likeness (QED) is 0.713. The molecule has 6 nitrogen and oxygen atoms in total. The van der Waals surface area contributed by atoms with E-state index in [-0.39, 0.29) is 6.10 Å². The van der Waals surface area contributed by atoms with Crippen molar-refractivity contribution in [2.24, 2.45) is 5.73 Å². The first kappa shape index (κ1) is 13.1. The number of aromatic nitrogens is 4. The van der Waals surface area contributed by atoms with Crippen molar-refractivity contribution in [1.82, 2.24) is 20.2 Å². The van der Waals surface area contributed by atoms with Crippen molar-refractivity contribution in [3.8, 4) is 0 Å². The van der Waals surface area contributed by atoms with Gasteiger partial charge in [0.1, 0.15) is 6.10 Å². The van der Waals surface area contributed by atoms with Gasteiger partial charge in [0.25, 0.3) is 0 Å². The Kier molecular flexibility index (Phi) is 5.95. The Morgan fingerprint density at radius 1 is 1.44 bits per heavy atom. The predicted octanol–water partition coefficient (Wildman–Crippen LogP) is 0.900. The largest absolute Gasteiger partial charge is 0.370 e.